The summed E-state index contributed by atoms with van der Waals surface area (Å²) in [4.78, 5) is 0. The first kappa shape index (κ1) is 12.5. The van der Waals surface area contributed by atoms with Gasteiger partial charge in [-0.2, -0.15) is 0 Å². The fourth-order valence-corrected chi connectivity index (χ4v) is 2.54. The van der Waals surface area contributed by atoms with Gasteiger partial charge < -0.3 is 14.8 Å². The van der Waals surface area contributed by atoms with Crippen LogP contribution < -0.4 is 14.8 Å². The molecule has 1 aromatic rings. The van der Waals surface area contributed by atoms with E-state index in [-0.39, 0.29) is 0 Å². The number of ether oxygens (including phenoxy) is 2. The first-order valence-corrected chi connectivity index (χ1v) is 6.26. The summed E-state index contributed by atoms with van der Waals surface area (Å²) in [6, 6.07) is 4.06. The van der Waals surface area contributed by atoms with Crippen molar-refractivity contribution in [1.29, 1.82) is 0 Å². The monoisotopic (exact) mass is 255 g/mol. The number of nitrogens with one attached hydrogen (secondary N) is 1. The molecule has 0 unspecified atom stereocenters. The Morgan fingerprint density at radius 3 is 2.12 bits per heavy atom. The van der Waals surface area contributed by atoms with Crippen LogP contribution in [-0.4, -0.2) is 27.3 Å². The molecule has 0 radical (unpaired) electrons. The Labute approximate surface area is 107 Å². The summed E-state index contributed by atoms with van der Waals surface area (Å²) in [5.41, 5.74) is 1.25. The van der Waals surface area contributed by atoms with E-state index >= 15 is 0 Å². The van der Waals surface area contributed by atoms with E-state index in [1.165, 1.54) is 5.56 Å². The number of methoxy groups -OCH3 is 2. The highest BCUT2D eigenvalue weighted by Gasteiger charge is 2.19. The maximum absolute atomic E-state index is 6.16. The van der Waals surface area contributed by atoms with Gasteiger partial charge in [-0.3, -0.25) is 0 Å². The Kier molecular flexibility index (Phi) is 4.13. The van der Waals surface area contributed by atoms with Gasteiger partial charge in [0, 0.05) is 0 Å². The fraction of sp³-hybridized carbons (Fsp3) is 0.538. The van der Waals surface area contributed by atoms with Crippen LogP contribution in [0.3, 0.4) is 0 Å². The van der Waals surface area contributed by atoms with Crippen molar-refractivity contribution in [3.63, 3.8) is 0 Å². The molecule has 0 aromatic heterocycles. The molecular formula is C13H18ClNO2. The normalized spacial score (nSPS) is 16.9. The summed E-state index contributed by atoms with van der Waals surface area (Å²) in [5.74, 6) is 1.95. The third kappa shape index (κ3) is 2.67. The van der Waals surface area contributed by atoms with Crippen LogP contribution in [0.4, 0.5) is 0 Å². The lowest BCUT2D eigenvalue weighted by Gasteiger charge is -2.24. The van der Waals surface area contributed by atoms with Crippen molar-refractivity contribution in [3.8, 4) is 11.5 Å². The van der Waals surface area contributed by atoms with Crippen LogP contribution in [0.15, 0.2) is 12.1 Å². The molecule has 1 saturated heterocycles. The van der Waals surface area contributed by atoms with Gasteiger partial charge in [-0.15, -0.1) is 0 Å². The van der Waals surface area contributed by atoms with Gasteiger partial charge >= 0.3 is 0 Å². The molecule has 17 heavy (non-hydrogen) atoms. The minimum Gasteiger partial charge on any atom is -0.495 e. The van der Waals surface area contributed by atoms with E-state index < -0.39 is 0 Å². The van der Waals surface area contributed by atoms with Crippen molar-refractivity contribution in [2.45, 2.75) is 18.8 Å². The smallest absolute Gasteiger partial charge is 0.141 e. The molecule has 1 N–H and O–H groups in total. The van der Waals surface area contributed by atoms with Gasteiger partial charge in [-0.25, -0.2) is 0 Å². The van der Waals surface area contributed by atoms with Crippen LogP contribution in [0, 0.1) is 0 Å². The van der Waals surface area contributed by atoms with Crippen LogP contribution in [0.25, 0.3) is 0 Å². The lowest BCUT2D eigenvalue weighted by molar-refractivity contribution is 0.390. The largest absolute Gasteiger partial charge is 0.495 e. The highest BCUT2D eigenvalue weighted by atomic mass is 35.5. The van der Waals surface area contributed by atoms with Crippen LogP contribution in [-0.2, 0) is 0 Å². The minimum atomic E-state index is 0.549. The Morgan fingerprint density at radius 1 is 1.12 bits per heavy atom. The number of rotatable bonds is 3. The van der Waals surface area contributed by atoms with Crippen molar-refractivity contribution in [2.24, 2.45) is 0 Å². The highest BCUT2D eigenvalue weighted by Crippen LogP contribution is 2.39. The third-order valence-corrected chi connectivity index (χ3v) is 3.65. The van der Waals surface area contributed by atoms with Crippen LogP contribution in [0.1, 0.15) is 24.3 Å². The maximum Gasteiger partial charge on any atom is 0.141 e. The molecule has 94 valence electrons. The molecule has 4 heteroatoms. The molecule has 1 fully saturated rings. The summed E-state index contributed by atoms with van der Waals surface area (Å²) >= 11 is 6.16. The van der Waals surface area contributed by atoms with E-state index in [0.29, 0.717) is 22.4 Å². The zero-order chi connectivity index (χ0) is 12.3. The molecule has 1 aliphatic heterocycles. The molecule has 0 saturated carbocycles. The van der Waals surface area contributed by atoms with Gasteiger partial charge in [0.2, 0.25) is 0 Å². The summed E-state index contributed by atoms with van der Waals surface area (Å²) in [6.07, 6.45) is 2.29. The summed E-state index contributed by atoms with van der Waals surface area (Å²) in [5, 5.41) is 3.91. The van der Waals surface area contributed by atoms with Crippen molar-refractivity contribution >= 4 is 11.6 Å². The Hall–Kier alpha value is -0.930. The van der Waals surface area contributed by atoms with Crippen molar-refractivity contribution in [1.82, 2.24) is 5.32 Å². The van der Waals surface area contributed by atoms with E-state index in [1.807, 2.05) is 12.1 Å². The maximum atomic E-state index is 6.16. The lowest BCUT2D eigenvalue weighted by Crippen LogP contribution is -2.26. The molecule has 0 aliphatic carbocycles. The molecule has 1 aliphatic rings. The number of halogens is 1. The third-order valence-electron chi connectivity index (χ3n) is 3.28. The van der Waals surface area contributed by atoms with Crippen LogP contribution in [0.5, 0.6) is 11.5 Å². The van der Waals surface area contributed by atoms with Crippen molar-refractivity contribution < 1.29 is 9.47 Å². The molecule has 1 heterocycles. The molecular weight excluding hydrogens is 238 g/mol. The molecule has 0 spiro atoms. The first-order valence-electron chi connectivity index (χ1n) is 5.88. The molecule has 3 nitrogen and oxygen atoms in total. The Morgan fingerprint density at radius 2 is 1.65 bits per heavy atom. The van der Waals surface area contributed by atoms with Crippen molar-refractivity contribution in [3.05, 3.63) is 22.7 Å². The van der Waals surface area contributed by atoms with Gasteiger partial charge in [0.25, 0.3) is 0 Å². The summed E-state index contributed by atoms with van der Waals surface area (Å²) in [7, 11) is 3.26. The van der Waals surface area contributed by atoms with Gasteiger partial charge in [0.05, 0.1) is 14.2 Å². The van der Waals surface area contributed by atoms with E-state index in [2.05, 4.69) is 5.32 Å². The van der Waals surface area contributed by atoms with E-state index in [9.17, 15) is 0 Å². The quantitative estimate of drug-likeness (QED) is 0.901. The Bertz CT molecular complexity index is 364. The van der Waals surface area contributed by atoms with Crippen LogP contribution in [0.2, 0.25) is 5.02 Å². The Balaban J connectivity index is 2.33. The standard InChI is InChI=1S/C13H18ClNO2/c1-16-11-7-10(8-12(17-2)13(11)14)9-3-5-15-6-4-9/h7-9,15H,3-6H2,1-2H3. The van der Waals surface area contributed by atoms with E-state index in [0.717, 1.165) is 25.9 Å². The van der Waals surface area contributed by atoms with Gasteiger partial charge in [0.1, 0.15) is 16.5 Å². The van der Waals surface area contributed by atoms with Crippen molar-refractivity contribution in [2.75, 3.05) is 27.3 Å². The second kappa shape index (κ2) is 5.61. The molecule has 2 rings (SSSR count). The van der Waals surface area contributed by atoms with Gasteiger partial charge in [-0.1, -0.05) is 11.6 Å². The topological polar surface area (TPSA) is 30.5 Å². The second-order valence-corrected chi connectivity index (χ2v) is 4.64. The predicted molar refractivity (Wildman–Crippen MR) is 69.4 cm³/mol. The van der Waals surface area contributed by atoms with E-state index in [4.69, 9.17) is 21.1 Å². The zero-order valence-corrected chi connectivity index (χ0v) is 11.0. The number of piperidine rings is 1. The lowest BCUT2D eigenvalue weighted by atomic mass is 9.90. The molecule has 1 aromatic carbocycles. The molecule has 0 bridgehead atoms. The average Bonchev–Trinajstić information content (AvgIpc) is 2.40. The van der Waals surface area contributed by atoms with Gasteiger partial charge in [-0.05, 0) is 49.5 Å². The average molecular weight is 256 g/mol. The molecule has 0 amide bonds. The zero-order valence-electron chi connectivity index (χ0n) is 10.3. The molecule has 0 atom stereocenters. The van der Waals surface area contributed by atoms with Gasteiger partial charge in [0.15, 0.2) is 0 Å². The SMILES string of the molecule is COc1cc(C2CCNCC2)cc(OC)c1Cl. The van der Waals surface area contributed by atoms with Crippen LogP contribution >= 0.6 is 11.6 Å². The summed E-state index contributed by atoms with van der Waals surface area (Å²) in [6.45, 7) is 2.13. The number of benzene rings is 1. The fourth-order valence-electron chi connectivity index (χ4n) is 2.28. The summed E-state index contributed by atoms with van der Waals surface area (Å²) < 4.78 is 10.6. The number of hydrogen-bond acceptors (Lipinski definition) is 3. The minimum absolute atomic E-state index is 0.549. The first-order chi connectivity index (χ1) is 8.26. The second-order valence-electron chi connectivity index (χ2n) is 4.26. The predicted octanol–water partition coefficient (Wildman–Crippen LogP) is 2.82. The highest BCUT2D eigenvalue weighted by molar-refractivity contribution is 6.33. The number of hydrogen-bond donors (Lipinski definition) is 1. The van der Waals surface area contributed by atoms with E-state index in [1.54, 1.807) is 14.2 Å².